The van der Waals surface area contributed by atoms with Crippen molar-refractivity contribution in [3.63, 3.8) is 0 Å². The number of esters is 2. The van der Waals surface area contributed by atoms with Crippen LogP contribution in [0, 0.1) is 0 Å². The Morgan fingerprint density at radius 1 is 0.721 bits per heavy atom. The zero-order valence-corrected chi connectivity index (χ0v) is 22.1. The number of carbonyl (C=O) groups is 2. The third-order valence-electron chi connectivity index (χ3n) is 6.50. The number of rotatable bonds is 9. The maximum Gasteiger partial charge on any atom is 0.338 e. The second-order valence-electron chi connectivity index (χ2n) is 9.47. The Balaban J connectivity index is 1.60. The number of hydrogen-bond donors (Lipinski definition) is 9. The Hall–Kier alpha value is -4.96. The largest absolute Gasteiger partial charge is 0.508 e. The molecule has 3 aromatic rings. The minimum atomic E-state index is -1.86. The van der Waals surface area contributed by atoms with Crippen LogP contribution in [0.25, 0.3) is 0 Å². The summed E-state index contributed by atoms with van der Waals surface area (Å²) in [6.07, 6.45) is -8.11. The van der Waals surface area contributed by atoms with Crippen molar-refractivity contribution in [1.82, 2.24) is 0 Å². The van der Waals surface area contributed by atoms with Crippen molar-refractivity contribution in [2.24, 2.45) is 0 Å². The molecule has 1 heterocycles. The molecule has 1 aliphatic heterocycles. The molecule has 1 aliphatic rings. The van der Waals surface area contributed by atoms with E-state index in [1.54, 1.807) is 12.1 Å². The van der Waals surface area contributed by atoms with E-state index >= 15 is 0 Å². The lowest BCUT2D eigenvalue weighted by molar-refractivity contribution is -0.299. The zero-order valence-electron chi connectivity index (χ0n) is 22.1. The zero-order chi connectivity index (χ0) is 31.4. The third kappa shape index (κ3) is 6.92. The van der Waals surface area contributed by atoms with E-state index in [0.29, 0.717) is 6.42 Å². The lowest BCUT2D eigenvalue weighted by atomic mass is 9.98. The summed E-state index contributed by atoms with van der Waals surface area (Å²) in [5, 5.41) is 88.9. The highest BCUT2D eigenvalue weighted by Crippen LogP contribution is 2.38. The van der Waals surface area contributed by atoms with Crippen LogP contribution in [0.3, 0.4) is 0 Å². The number of aliphatic hydroxyl groups is 2. The van der Waals surface area contributed by atoms with Crippen LogP contribution in [-0.2, 0) is 25.4 Å². The maximum absolute atomic E-state index is 13.0. The first kappa shape index (κ1) is 31.0. The third-order valence-corrected chi connectivity index (χ3v) is 6.50. The molecular formula is C28H28O15. The number of phenolic OH excluding ortho intramolecular Hbond substituents is 7. The summed E-state index contributed by atoms with van der Waals surface area (Å²) < 4.78 is 22.0. The summed E-state index contributed by atoms with van der Waals surface area (Å²) in [5.74, 6) is -7.71. The molecule has 0 aliphatic carbocycles. The van der Waals surface area contributed by atoms with Crippen LogP contribution in [0.5, 0.6) is 40.2 Å². The summed E-state index contributed by atoms with van der Waals surface area (Å²) >= 11 is 0. The van der Waals surface area contributed by atoms with Gasteiger partial charge in [-0.2, -0.15) is 0 Å². The molecule has 15 heteroatoms. The van der Waals surface area contributed by atoms with E-state index in [4.69, 9.17) is 18.9 Å². The highest BCUT2D eigenvalue weighted by molar-refractivity contribution is 5.92. The molecule has 3 aromatic carbocycles. The van der Waals surface area contributed by atoms with Gasteiger partial charge < -0.3 is 64.9 Å². The van der Waals surface area contributed by atoms with Gasteiger partial charge in [-0.3, -0.25) is 0 Å². The molecule has 5 unspecified atom stereocenters. The second kappa shape index (κ2) is 12.9. The molecule has 0 amide bonds. The van der Waals surface area contributed by atoms with Gasteiger partial charge in [0.2, 0.25) is 0 Å². The number of carbonyl (C=O) groups excluding carboxylic acids is 2. The van der Waals surface area contributed by atoms with E-state index in [-0.39, 0.29) is 12.4 Å². The van der Waals surface area contributed by atoms with Gasteiger partial charge >= 0.3 is 11.9 Å². The van der Waals surface area contributed by atoms with Crippen molar-refractivity contribution >= 4 is 11.9 Å². The minimum Gasteiger partial charge on any atom is -0.508 e. The lowest BCUT2D eigenvalue weighted by Crippen LogP contribution is -2.61. The standard InChI is InChI=1S/C28H28O15/c29-11-20-24(42-26(38)13-7-16(31)21(35)17(32)8-13)25(43-27(39)14-9-18(33)22(36)19(34)10-14)23(37)28(41-20)40-6-5-12-1-3-15(30)4-2-12/h1-4,7-10,20,23-25,28-37H,5-6,11H2. The van der Waals surface area contributed by atoms with E-state index in [9.17, 15) is 55.5 Å². The highest BCUT2D eigenvalue weighted by Gasteiger charge is 2.50. The lowest BCUT2D eigenvalue weighted by Gasteiger charge is -2.42. The molecular weight excluding hydrogens is 576 g/mol. The average Bonchev–Trinajstić information content (AvgIpc) is 2.97. The molecule has 1 saturated heterocycles. The van der Waals surface area contributed by atoms with Crippen LogP contribution in [0.1, 0.15) is 26.3 Å². The Morgan fingerprint density at radius 2 is 1.19 bits per heavy atom. The molecule has 230 valence electrons. The van der Waals surface area contributed by atoms with Crippen molar-refractivity contribution in [3.05, 3.63) is 65.2 Å². The Morgan fingerprint density at radius 3 is 1.65 bits per heavy atom. The Labute approximate surface area is 242 Å². The van der Waals surface area contributed by atoms with E-state index in [0.717, 1.165) is 29.8 Å². The van der Waals surface area contributed by atoms with Crippen molar-refractivity contribution in [3.8, 4) is 40.2 Å². The van der Waals surface area contributed by atoms with Gasteiger partial charge in [-0.25, -0.2) is 9.59 Å². The smallest absolute Gasteiger partial charge is 0.338 e. The molecule has 15 nitrogen and oxygen atoms in total. The fraction of sp³-hybridized carbons (Fsp3) is 0.286. The first-order valence-electron chi connectivity index (χ1n) is 12.6. The molecule has 1 fully saturated rings. The van der Waals surface area contributed by atoms with Gasteiger partial charge in [0.15, 0.2) is 53.0 Å². The van der Waals surface area contributed by atoms with Crippen LogP contribution < -0.4 is 0 Å². The summed E-state index contributed by atoms with van der Waals surface area (Å²) in [7, 11) is 0. The molecule has 43 heavy (non-hydrogen) atoms. The number of aliphatic hydroxyl groups excluding tert-OH is 2. The van der Waals surface area contributed by atoms with Crippen LogP contribution in [0.4, 0.5) is 0 Å². The Bertz CT molecular complexity index is 1430. The van der Waals surface area contributed by atoms with Gasteiger partial charge in [-0.15, -0.1) is 0 Å². The fourth-order valence-corrected chi connectivity index (χ4v) is 4.24. The number of ether oxygens (including phenoxy) is 4. The van der Waals surface area contributed by atoms with Gasteiger partial charge in [0.1, 0.15) is 18.0 Å². The molecule has 9 N–H and O–H groups in total. The van der Waals surface area contributed by atoms with E-state index in [1.165, 1.54) is 12.1 Å². The molecule has 0 aromatic heterocycles. The predicted octanol–water partition coefficient (Wildman–Crippen LogP) is 0.714. The molecule has 0 radical (unpaired) electrons. The highest BCUT2D eigenvalue weighted by atomic mass is 16.7. The van der Waals surface area contributed by atoms with E-state index in [1.807, 2.05) is 0 Å². The predicted molar refractivity (Wildman–Crippen MR) is 141 cm³/mol. The van der Waals surface area contributed by atoms with Crippen LogP contribution in [-0.4, -0.2) is 102 Å². The first-order chi connectivity index (χ1) is 20.4. The van der Waals surface area contributed by atoms with Crippen LogP contribution >= 0.6 is 0 Å². The van der Waals surface area contributed by atoms with Crippen molar-refractivity contribution in [1.29, 1.82) is 0 Å². The monoisotopic (exact) mass is 604 g/mol. The topological polar surface area (TPSA) is 253 Å². The summed E-state index contributed by atoms with van der Waals surface area (Å²) in [4.78, 5) is 25.9. The van der Waals surface area contributed by atoms with Gasteiger partial charge in [-0.05, 0) is 48.4 Å². The van der Waals surface area contributed by atoms with Gasteiger partial charge in [0, 0.05) is 0 Å². The van der Waals surface area contributed by atoms with Gasteiger partial charge in [0.05, 0.1) is 24.3 Å². The van der Waals surface area contributed by atoms with E-state index < -0.39 is 94.9 Å². The molecule has 0 spiro atoms. The first-order valence-corrected chi connectivity index (χ1v) is 12.6. The van der Waals surface area contributed by atoms with Crippen LogP contribution in [0.15, 0.2) is 48.5 Å². The Kier molecular flexibility index (Phi) is 9.30. The van der Waals surface area contributed by atoms with Crippen LogP contribution in [0.2, 0.25) is 0 Å². The van der Waals surface area contributed by atoms with Crippen molar-refractivity contribution in [2.45, 2.75) is 37.1 Å². The van der Waals surface area contributed by atoms with Crippen molar-refractivity contribution < 1.29 is 74.5 Å². The summed E-state index contributed by atoms with van der Waals surface area (Å²) in [6, 6.07) is 9.26. The minimum absolute atomic E-state index is 0.0540. The van der Waals surface area contributed by atoms with Crippen molar-refractivity contribution in [2.75, 3.05) is 13.2 Å². The second-order valence-corrected chi connectivity index (χ2v) is 9.47. The maximum atomic E-state index is 13.0. The molecule has 4 rings (SSSR count). The van der Waals surface area contributed by atoms with Gasteiger partial charge in [0.25, 0.3) is 0 Å². The number of hydrogen-bond acceptors (Lipinski definition) is 15. The van der Waals surface area contributed by atoms with E-state index in [2.05, 4.69) is 0 Å². The summed E-state index contributed by atoms with van der Waals surface area (Å²) in [6.45, 7) is -0.898. The molecule has 5 atom stereocenters. The average molecular weight is 605 g/mol. The fourth-order valence-electron chi connectivity index (χ4n) is 4.24. The SMILES string of the molecule is O=C(OC1C(CO)OC(OCCc2ccc(O)cc2)C(O)C1OC(=O)c1cc(O)c(O)c(O)c1)c1cc(O)c(O)c(O)c1. The van der Waals surface area contributed by atoms with Gasteiger partial charge in [-0.1, -0.05) is 12.1 Å². The number of benzene rings is 3. The normalized spacial score (nSPS) is 21.7. The quantitative estimate of drug-likeness (QED) is 0.120. The summed E-state index contributed by atoms with van der Waals surface area (Å²) in [5.41, 5.74) is -0.191. The molecule has 0 saturated carbocycles. The number of phenols is 7. The molecule has 0 bridgehead atoms. The number of aromatic hydroxyl groups is 7.